The summed E-state index contributed by atoms with van der Waals surface area (Å²) >= 11 is 6.33. The number of anilines is 3. The maximum absolute atomic E-state index is 11.9. The fourth-order valence-corrected chi connectivity index (χ4v) is 3.82. The Morgan fingerprint density at radius 1 is 1.07 bits per heavy atom. The van der Waals surface area contributed by atoms with E-state index in [9.17, 15) is 4.79 Å². The van der Waals surface area contributed by atoms with Crippen molar-refractivity contribution in [2.24, 2.45) is 5.73 Å². The fourth-order valence-electron chi connectivity index (χ4n) is 3.57. The number of carbonyl (C=O) groups is 1. The predicted octanol–water partition coefficient (Wildman–Crippen LogP) is 4.00. The Morgan fingerprint density at radius 2 is 1.77 bits per heavy atom. The zero-order valence-electron chi connectivity index (χ0n) is 16.8. The van der Waals surface area contributed by atoms with Crippen LogP contribution >= 0.6 is 11.6 Å². The average Bonchev–Trinajstić information content (AvgIpc) is 2.75. The molecule has 1 aromatic heterocycles. The molecule has 154 valence electrons. The molecule has 3 aromatic rings. The summed E-state index contributed by atoms with van der Waals surface area (Å²) < 4.78 is 0. The summed E-state index contributed by atoms with van der Waals surface area (Å²) in [5, 5.41) is 3.91. The van der Waals surface area contributed by atoms with E-state index in [1.165, 1.54) is 5.69 Å². The smallest absolute Gasteiger partial charge is 0.269 e. The SMILES string of the molecule is CN1CCN(c2ccc(Nc3cc(-c4ccccc4Cl)cnc3C(N)=O)cc2)CC1. The third kappa shape index (κ3) is 4.40. The van der Waals surface area contributed by atoms with E-state index < -0.39 is 5.91 Å². The van der Waals surface area contributed by atoms with Crippen molar-refractivity contribution in [1.29, 1.82) is 0 Å². The van der Waals surface area contributed by atoms with Gasteiger partial charge in [-0.2, -0.15) is 0 Å². The minimum Gasteiger partial charge on any atom is -0.369 e. The molecule has 30 heavy (non-hydrogen) atoms. The number of hydrogen-bond donors (Lipinski definition) is 2. The maximum Gasteiger partial charge on any atom is 0.269 e. The molecule has 0 unspecified atom stereocenters. The lowest BCUT2D eigenvalue weighted by Crippen LogP contribution is -2.44. The highest BCUT2D eigenvalue weighted by atomic mass is 35.5. The molecule has 0 saturated carbocycles. The van der Waals surface area contributed by atoms with E-state index in [0.29, 0.717) is 10.7 Å². The van der Waals surface area contributed by atoms with Gasteiger partial charge in [0.1, 0.15) is 0 Å². The first-order valence-corrected chi connectivity index (χ1v) is 10.2. The molecule has 0 aliphatic carbocycles. The summed E-state index contributed by atoms with van der Waals surface area (Å²) in [7, 11) is 2.14. The van der Waals surface area contributed by atoms with Crippen molar-refractivity contribution in [3.8, 4) is 11.1 Å². The number of likely N-dealkylation sites (N-methyl/N-ethyl adjacent to an activating group) is 1. The molecule has 1 saturated heterocycles. The minimum absolute atomic E-state index is 0.189. The first-order valence-electron chi connectivity index (χ1n) is 9.86. The average molecular weight is 422 g/mol. The van der Waals surface area contributed by atoms with E-state index in [2.05, 4.69) is 39.3 Å². The second kappa shape index (κ2) is 8.73. The van der Waals surface area contributed by atoms with E-state index >= 15 is 0 Å². The predicted molar refractivity (Wildman–Crippen MR) is 123 cm³/mol. The number of amides is 1. The van der Waals surface area contributed by atoms with Gasteiger partial charge in [0.05, 0.1) is 5.69 Å². The number of halogens is 1. The number of nitrogens with zero attached hydrogens (tertiary/aromatic N) is 3. The monoisotopic (exact) mass is 421 g/mol. The Labute approximate surface area is 181 Å². The number of carbonyl (C=O) groups excluding carboxylic acids is 1. The number of benzene rings is 2. The second-order valence-electron chi connectivity index (χ2n) is 7.43. The van der Waals surface area contributed by atoms with Crippen molar-refractivity contribution in [2.45, 2.75) is 0 Å². The molecule has 2 heterocycles. The third-order valence-electron chi connectivity index (χ3n) is 5.32. The van der Waals surface area contributed by atoms with Crippen molar-refractivity contribution in [3.05, 3.63) is 71.5 Å². The number of hydrogen-bond acceptors (Lipinski definition) is 5. The van der Waals surface area contributed by atoms with Gasteiger partial charge in [0.15, 0.2) is 5.69 Å². The Hall–Kier alpha value is -3.09. The summed E-state index contributed by atoms with van der Waals surface area (Å²) in [4.78, 5) is 20.9. The van der Waals surface area contributed by atoms with Crippen molar-refractivity contribution in [1.82, 2.24) is 9.88 Å². The zero-order chi connectivity index (χ0) is 21.1. The normalized spacial score (nSPS) is 14.5. The highest BCUT2D eigenvalue weighted by Crippen LogP contribution is 2.31. The van der Waals surface area contributed by atoms with Crippen LogP contribution in [0.25, 0.3) is 11.1 Å². The van der Waals surface area contributed by atoms with Crippen molar-refractivity contribution in [3.63, 3.8) is 0 Å². The molecule has 6 nitrogen and oxygen atoms in total. The van der Waals surface area contributed by atoms with Crippen LogP contribution in [0.1, 0.15) is 10.5 Å². The first-order chi connectivity index (χ1) is 14.5. The largest absolute Gasteiger partial charge is 0.369 e. The molecule has 2 aromatic carbocycles. The van der Waals surface area contributed by atoms with E-state index in [4.69, 9.17) is 17.3 Å². The summed E-state index contributed by atoms with van der Waals surface area (Å²) in [5.74, 6) is -0.586. The fraction of sp³-hybridized carbons (Fsp3) is 0.217. The molecular formula is C23H24ClN5O. The lowest BCUT2D eigenvalue weighted by molar-refractivity contribution is 0.0996. The number of piperazine rings is 1. The van der Waals surface area contributed by atoms with Crippen LogP contribution in [0.15, 0.2) is 60.8 Å². The number of nitrogens with two attached hydrogens (primary N) is 1. The molecule has 1 aliphatic rings. The van der Waals surface area contributed by atoms with Crippen LogP contribution in [0.3, 0.4) is 0 Å². The van der Waals surface area contributed by atoms with Gasteiger partial charge in [0.2, 0.25) is 0 Å². The topological polar surface area (TPSA) is 74.5 Å². The molecule has 3 N–H and O–H groups in total. The Morgan fingerprint density at radius 3 is 2.43 bits per heavy atom. The van der Waals surface area contributed by atoms with E-state index in [0.717, 1.165) is 43.0 Å². The lowest BCUT2D eigenvalue weighted by atomic mass is 10.1. The van der Waals surface area contributed by atoms with Gasteiger partial charge in [-0.05, 0) is 43.4 Å². The van der Waals surface area contributed by atoms with Crippen LogP contribution in [0.4, 0.5) is 17.1 Å². The van der Waals surface area contributed by atoms with Gasteiger partial charge in [-0.15, -0.1) is 0 Å². The standard InChI is InChI=1S/C23H24ClN5O/c1-28-10-12-29(13-11-28)18-8-6-17(7-9-18)27-21-14-16(15-26-22(21)23(25)30)19-4-2-3-5-20(19)24/h2-9,14-15,27H,10-13H2,1H3,(H2,25,30). The maximum atomic E-state index is 11.9. The van der Waals surface area contributed by atoms with Gasteiger partial charge >= 0.3 is 0 Å². The van der Waals surface area contributed by atoms with Gasteiger partial charge in [-0.3, -0.25) is 4.79 Å². The molecule has 0 atom stereocenters. The third-order valence-corrected chi connectivity index (χ3v) is 5.65. The zero-order valence-corrected chi connectivity index (χ0v) is 17.6. The van der Waals surface area contributed by atoms with Crippen LogP contribution < -0.4 is 16.0 Å². The van der Waals surface area contributed by atoms with Crippen molar-refractivity contribution >= 4 is 34.6 Å². The molecule has 7 heteroatoms. The van der Waals surface area contributed by atoms with Gasteiger partial charge in [-0.1, -0.05) is 29.8 Å². The summed E-state index contributed by atoms with van der Waals surface area (Å²) in [6.45, 7) is 4.14. The van der Waals surface area contributed by atoms with E-state index in [-0.39, 0.29) is 5.69 Å². The van der Waals surface area contributed by atoms with Gasteiger partial charge in [0, 0.05) is 59.9 Å². The highest BCUT2D eigenvalue weighted by Gasteiger charge is 2.16. The molecule has 1 fully saturated rings. The summed E-state index contributed by atoms with van der Waals surface area (Å²) in [6.07, 6.45) is 1.61. The minimum atomic E-state index is -0.586. The number of primary amides is 1. The van der Waals surface area contributed by atoms with Crippen LogP contribution in [0, 0.1) is 0 Å². The quantitative estimate of drug-likeness (QED) is 0.651. The number of rotatable bonds is 5. The molecular weight excluding hydrogens is 398 g/mol. The van der Waals surface area contributed by atoms with Crippen LogP contribution in [-0.4, -0.2) is 49.0 Å². The molecule has 1 aliphatic heterocycles. The van der Waals surface area contributed by atoms with Gasteiger partial charge < -0.3 is 20.9 Å². The molecule has 0 spiro atoms. The summed E-state index contributed by atoms with van der Waals surface area (Å²) in [6, 6.07) is 17.5. The first kappa shape index (κ1) is 20.2. The number of nitrogens with one attached hydrogen (secondary N) is 1. The van der Waals surface area contributed by atoms with Crippen LogP contribution in [0.2, 0.25) is 5.02 Å². The van der Waals surface area contributed by atoms with Crippen LogP contribution in [0.5, 0.6) is 0 Å². The second-order valence-corrected chi connectivity index (χ2v) is 7.83. The molecule has 4 rings (SSSR count). The van der Waals surface area contributed by atoms with Gasteiger partial charge in [-0.25, -0.2) is 4.98 Å². The van der Waals surface area contributed by atoms with E-state index in [1.54, 1.807) is 6.20 Å². The van der Waals surface area contributed by atoms with Crippen molar-refractivity contribution in [2.75, 3.05) is 43.4 Å². The van der Waals surface area contributed by atoms with E-state index in [1.807, 2.05) is 42.5 Å². The number of pyridine rings is 1. The lowest BCUT2D eigenvalue weighted by Gasteiger charge is -2.34. The van der Waals surface area contributed by atoms with Crippen molar-refractivity contribution < 1.29 is 4.79 Å². The Kier molecular flexibility index (Phi) is 5.88. The summed E-state index contributed by atoms with van der Waals surface area (Å²) in [5.41, 5.74) is 9.97. The Balaban J connectivity index is 1.59. The molecule has 0 bridgehead atoms. The Bertz CT molecular complexity index is 1050. The van der Waals surface area contributed by atoms with Crippen LogP contribution in [-0.2, 0) is 0 Å². The molecule has 1 amide bonds. The van der Waals surface area contributed by atoms with Gasteiger partial charge in [0.25, 0.3) is 5.91 Å². The highest BCUT2D eigenvalue weighted by molar-refractivity contribution is 6.33. The molecule has 0 radical (unpaired) electrons. The number of aromatic nitrogens is 1.